The molecule has 2 amide bonds. The van der Waals surface area contributed by atoms with E-state index in [0.717, 1.165) is 16.7 Å². The lowest BCUT2D eigenvalue weighted by molar-refractivity contribution is -0.145. The molecule has 3 atom stereocenters. The van der Waals surface area contributed by atoms with Crippen LogP contribution in [0.25, 0.3) is 11.1 Å². The van der Waals surface area contributed by atoms with Gasteiger partial charge in [-0.3, -0.25) is 14.4 Å². The number of nitrogens with two attached hydrogens (primary N) is 2. The molecule has 2 aromatic carbocycles. The summed E-state index contributed by atoms with van der Waals surface area (Å²) >= 11 is 0. The number of hydrogen-bond acceptors (Lipinski definition) is 8. The highest BCUT2D eigenvalue weighted by Crippen LogP contribution is 2.29. The standard InChI is InChI=1S/C26H32N4O6/c1-15(31)36-23-9-8-18-13-19(23)14-20(28)24(32)29-21(7-4-10-27)25(33)30-22(26(34)35-2)12-16-5-3-6-17(18)11-16/h3,5-6,8-9,11,13,20-22H,4,7,10,12,14,27-28H2,1-2H3,(H,29,32)(H,30,33)/t20-,21-,22-/m0/s1. The van der Waals surface area contributed by atoms with Gasteiger partial charge in [0.05, 0.1) is 13.2 Å². The van der Waals surface area contributed by atoms with E-state index in [2.05, 4.69) is 10.6 Å². The summed E-state index contributed by atoms with van der Waals surface area (Å²) in [6, 6.07) is 9.83. The topological polar surface area (TPSA) is 163 Å². The van der Waals surface area contributed by atoms with Crippen molar-refractivity contribution in [2.24, 2.45) is 11.5 Å². The molecule has 10 heteroatoms. The number of carbonyl (C=O) groups excluding carboxylic acids is 4. The van der Waals surface area contributed by atoms with Gasteiger partial charge in [-0.05, 0) is 53.8 Å². The number of ether oxygens (including phenoxy) is 2. The predicted octanol–water partition coefficient (Wildman–Crippen LogP) is 0.586. The Balaban J connectivity index is 2.09. The molecule has 36 heavy (non-hydrogen) atoms. The molecule has 6 N–H and O–H groups in total. The highest BCUT2D eigenvalue weighted by Gasteiger charge is 2.29. The highest BCUT2D eigenvalue weighted by molar-refractivity contribution is 5.92. The second kappa shape index (κ2) is 12.3. The zero-order valence-electron chi connectivity index (χ0n) is 20.4. The van der Waals surface area contributed by atoms with Crippen molar-refractivity contribution in [2.75, 3.05) is 13.7 Å². The summed E-state index contributed by atoms with van der Waals surface area (Å²) in [5, 5.41) is 5.39. The van der Waals surface area contributed by atoms with Gasteiger partial charge in [0.25, 0.3) is 0 Å². The smallest absolute Gasteiger partial charge is 0.328 e. The Kier molecular flexibility index (Phi) is 9.15. The van der Waals surface area contributed by atoms with Crippen molar-refractivity contribution in [3.05, 3.63) is 53.6 Å². The molecule has 2 aromatic rings. The molecule has 4 bridgehead atoms. The molecule has 1 aliphatic heterocycles. The van der Waals surface area contributed by atoms with Crippen LogP contribution in [0.3, 0.4) is 0 Å². The molecule has 1 aliphatic rings. The van der Waals surface area contributed by atoms with E-state index in [1.165, 1.54) is 14.0 Å². The maximum absolute atomic E-state index is 13.1. The summed E-state index contributed by atoms with van der Waals surface area (Å²) in [5.41, 5.74) is 14.8. The number of carbonyl (C=O) groups is 4. The van der Waals surface area contributed by atoms with Crippen LogP contribution in [0.2, 0.25) is 0 Å². The molecule has 0 fully saturated rings. The van der Waals surface area contributed by atoms with E-state index in [9.17, 15) is 19.2 Å². The summed E-state index contributed by atoms with van der Waals surface area (Å²) in [7, 11) is 1.25. The normalized spacial score (nSPS) is 20.3. The number of esters is 2. The number of hydrogen-bond donors (Lipinski definition) is 4. The number of amides is 2. The number of fused-ring (bicyclic) bond motifs is 5. The first kappa shape index (κ1) is 26.8. The van der Waals surface area contributed by atoms with Crippen LogP contribution >= 0.6 is 0 Å². The lowest BCUT2D eigenvalue weighted by atomic mass is 9.96. The molecule has 0 aromatic heterocycles. The highest BCUT2D eigenvalue weighted by atomic mass is 16.5. The molecule has 0 saturated carbocycles. The van der Waals surface area contributed by atoms with Gasteiger partial charge < -0.3 is 31.6 Å². The van der Waals surface area contributed by atoms with Gasteiger partial charge in [0, 0.05) is 19.8 Å². The fourth-order valence-electron chi connectivity index (χ4n) is 4.09. The Hall–Kier alpha value is -3.76. The summed E-state index contributed by atoms with van der Waals surface area (Å²) in [5.74, 6) is -1.89. The van der Waals surface area contributed by atoms with E-state index in [4.69, 9.17) is 20.9 Å². The first-order valence-electron chi connectivity index (χ1n) is 11.8. The molecule has 1 heterocycles. The average Bonchev–Trinajstić information content (AvgIpc) is 2.85. The van der Waals surface area contributed by atoms with Gasteiger partial charge >= 0.3 is 11.9 Å². The maximum Gasteiger partial charge on any atom is 0.328 e. The molecule has 10 nitrogen and oxygen atoms in total. The van der Waals surface area contributed by atoms with Crippen molar-refractivity contribution in [2.45, 2.75) is 50.7 Å². The Morgan fingerprint density at radius 1 is 1.03 bits per heavy atom. The molecular formula is C26H32N4O6. The summed E-state index contributed by atoms with van der Waals surface area (Å²) in [6.45, 7) is 1.61. The monoisotopic (exact) mass is 496 g/mol. The van der Waals surface area contributed by atoms with E-state index in [1.54, 1.807) is 12.1 Å². The van der Waals surface area contributed by atoms with Crippen LogP contribution < -0.4 is 26.8 Å². The molecular weight excluding hydrogens is 464 g/mol. The van der Waals surface area contributed by atoms with Crippen LogP contribution in [0.4, 0.5) is 0 Å². The third-order valence-corrected chi connectivity index (χ3v) is 5.92. The summed E-state index contributed by atoms with van der Waals surface area (Å²) in [6.07, 6.45) is 0.981. The number of benzene rings is 2. The van der Waals surface area contributed by atoms with Crippen molar-refractivity contribution >= 4 is 23.8 Å². The lowest BCUT2D eigenvalue weighted by Gasteiger charge is -2.23. The van der Waals surface area contributed by atoms with Gasteiger partial charge in [0.15, 0.2) is 0 Å². The van der Waals surface area contributed by atoms with E-state index in [0.29, 0.717) is 24.3 Å². The van der Waals surface area contributed by atoms with Crippen molar-refractivity contribution in [1.29, 1.82) is 0 Å². The van der Waals surface area contributed by atoms with Crippen LogP contribution in [0.15, 0.2) is 42.5 Å². The molecule has 0 aliphatic carbocycles. The molecule has 0 unspecified atom stereocenters. The van der Waals surface area contributed by atoms with Crippen molar-refractivity contribution in [3.63, 3.8) is 0 Å². The van der Waals surface area contributed by atoms with E-state index < -0.39 is 41.9 Å². The van der Waals surface area contributed by atoms with Gasteiger partial charge in [-0.2, -0.15) is 0 Å². The zero-order valence-corrected chi connectivity index (χ0v) is 20.4. The van der Waals surface area contributed by atoms with Gasteiger partial charge in [-0.15, -0.1) is 0 Å². The lowest BCUT2D eigenvalue weighted by Crippen LogP contribution is -2.55. The summed E-state index contributed by atoms with van der Waals surface area (Å²) in [4.78, 5) is 50.2. The molecule has 0 radical (unpaired) electrons. The summed E-state index contributed by atoms with van der Waals surface area (Å²) < 4.78 is 10.3. The Morgan fingerprint density at radius 2 is 1.78 bits per heavy atom. The van der Waals surface area contributed by atoms with Gasteiger partial charge in [-0.25, -0.2) is 4.79 Å². The minimum absolute atomic E-state index is 0.0675. The first-order valence-corrected chi connectivity index (χ1v) is 11.8. The maximum atomic E-state index is 13.1. The van der Waals surface area contributed by atoms with Crippen molar-refractivity contribution in [3.8, 4) is 16.9 Å². The average molecular weight is 497 g/mol. The van der Waals surface area contributed by atoms with Crippen LogP contribution in [0.5, 0.6) is 5.75 Å². The SMILES string of the molecule is COC(=O)[C@@H]1Cc2cccc(c2)-c2ccc(OC(C)=O)c(c2)C[C@H](N)C(=O)N[C@@H](CCCN)C(=O)N1. The fraction of sp³-hybridized carbons (Fsp3) is 0.385. The van der Waals surface area contributed by atoms with E-state index >= 15 is 0 Å². The van der Waals surface area contributed by atoms with Crippen LogP contribution in [0.1, 0.15) is 30.9 Å². The molecule has 0 saturated heterocycles. The molecule has 3 rings (SSSR count). The first-order chi connectivity index (χ1) is 17.2. The number of methoxy groups -OCH3 is 1. The van der Waals surface area contributed by atoms with E-state index in [-0.39, 0.29) is 19.3 Å². The van der Waals surface area contributed by atoms with Crippen molar-refractivity contribution in [1.82, 2.24) is 10.6 Å². The zero-order chi connectivity index (χ0) is 26.2. The third kappa shape index (κ3) is 6.89. The van der Waals surface area contributed by atoms with Crippen LogP contribution in [-0.2, 0) is 36.8 Å². The minimum Gasteiger partial charge on any atom is -0.467 e. The van der Waals surface area contributed by atoms with Gasteiger partial charge in [-0.1, -0.05) is 30.3 Å². The van der Waals surface area contributed by atoms with Crippen LogP contribution in [-0.4, -0.2) is 55.5 Å². The second-order valence-corrected chi connectivity index (χ2v) is 8.71. The van der Waals surface area contributed by atoms with Gasteiger partial charge in [0.2, 0.25) is 11.8 Å². The third-order valence-electron chi connectivity index (χ3n) is 5.92. The van der Waals surface area contributed by atoms with E-state index in [1.807, 2.05) is 30.3 Å². The predicted molar refractivity (Wildman–Crippen MR) is 133 cm³/mol. The second-order valence-electron chi connectivity index (χ2n) is 8.71. The Bertz CT molecular complexity index is 1140. The van der Waals surface area contributed by atoms with Crippen molar-refractivity contribution < 1.29 is 28.7 Å². The quantitative estimate of drug-likeness (QED) is 0.345. The minimum atomic E-state index is -1.03. The Labute approximate surface area is 209 Å². The molecule has 192 valence electrons. The van der Waals surface area contributed by atoms with Gasteiger partial charge in [0.1, 0.15) is 17.8 Å². The van der Waals surface area contributed by atoms with Crippen LogP contribution in [0, 0.1) is 0 Å². The fourth-order valence-corrected chi connectivity index (χ4v) is 4.09. The number of nitrogens with one attached hydrogen (secondary N) is 2. The number of rotatable bonds is 5. The largest absolute Gasteiger partial charge is 0.467 e. The Morgan fingerprint density at radius 3 is 2.47 bits per heavy atom. The molecule has 0 spiro atoms.